The SMILES string of the molecule is COCCCNC(=O)[C@@H](C)N(Cc1ccc(Cl)cc1)C(=O)COc1ccc(S(=O)(=O)N2CCOCC2)cc1. The Morgan fingerprint density at radius 3 is 2.39 bits per heavy atom. The van der Waals surface area contributed by atoms with Crippen molar-refractivity contribution in [3.63, 3.8) is 0 Å². The lowest BCUT2D eigenvalue weighted by molar-refractivity contribution is -0.142. The average molecular weight is 568 g/mol. The summed E-state index contributed by atoms with van der Waals surface area (Å²) in [7, 11) is -2.04. The predicted octanol–water partition coefficient (Wildman–Crippen LogP) is 2.31. The van der Waals surface area contributed by atoms with E-state index in [4.69, 9.17) is 25.8 Å². The molecule has 2 amide bonds. The quantitative estimate of drug-likeness (QED) is 0.369. The molecule has 1 fully saturated rings. The van der Waals surface area contributed by atoms with Gasteiger partial charge in [-0.1, -0.05) is 23.7 Å². The van der Waals surface area contributed by atoms with Gasteiger partial charge in [-0.15, -0.1) is 0 Å². The highest BCUT2D eigenvalue weighted by molar-refractivity contribution is 7.89. The fourth-order valence-electron chi connectivity index (χ4n) is 3.82. The monoisotopic (exact) mass is 567 g/mol. The van der Waals surface area contributed by atoms with Gasteiger partial charge in [0.15, 0.2) is 6.61 Å². The third-order valence-corrected chi connectivity index (χ3v) is 8.22. The number of rotatable bonds is 13. The standard InChI is InChI=1S/C26H34ClN3O7S/c1-20(26(32)28-12-3-15-35-2)30(18-21-4-6-22(27)7-5-21)25(31)19-37-23-8-10-24(11-9-23)38(33,34)29-13-16-36-17-14-29/h4-11,20H,3,12-19H2,1-2H3,(H,28,32)/t20-/m1/s1. The van der Waals surface area contributed by atoms with Crippen LogP contribution in [0, 0.1) is 0 Å². The van der Waals surface area contributed by atoms with Crippen molar-refractivity contribution in [1.82, 2.24) is 14.5 Å². The number of carbonyl (C=O) groups is 2. The number of hydrogen-bond acceptors (Lipinski definition) is 7. The average Bonchev–Trinajstić information content (AvgIpc) is 2.94. The van der Waals surface area contributed by atoms with Crippen LogP contribution < -0.4 is 10.1 Å². The Morgan fingerprint density at radius 1 is 1.11 bits per heavy atom. The molecule has 0 bridgehead atoms. The number of nitrogens with zero attached hydrogens (tertiary/aromatic N) is 2. The molecule has 3 rings (SSSR count). The number of sulfonamides is 1. The van der Waals surface area contributed by atoms with Crippen LogP contribution in [-0.2, 0) is 35.6 Å². The first kappa shape index (κ1) is 29.9. The third kappa shape index (κ3) is 8.40. The number of amides is 2. The minimum Gasteiger partial charge on any atom is -0.484 e. The molecular weight excluding hydrogens is 534 g/mol. The summed E-state index contributed by atoms with van der Waals surface area (Å²) in [6, 6.07) is 12.2. The molecule has 38 heavy (non-hydrogen) atoms. The van der Waals surface area contributed by atoms with Crippen molar-refractivity contribution in [3.8, 4) is 5.75 Å². The maximum absolute atomic E-state index is 13.2. The van der Waals surface area contributed by atoms with Crippen molar-refractivity contribution in [2.24, 2.45) is 0 Å². The summed E-state index contributed by atoms with van der Waals surface area (Å²) < 4.78 is 42.9. The van der Waals surface area contributed by atoms with E-state index in [1.807, 2.05) is 0 Å². The van der Waals surface area contributed by atoms with Crippen LogP contribution in [0.5, 0.6) is 5.75 Å². The second kappa shape index (κ2) is 14.5. The van der Waals surface area contributed by atoms with E-state index < -0.39 is 22.0 Å². The smallest absolute Gasteiger partial charge is 0.261 e. The molecule has 10 nitrogen and oxygen atoms in total. The van der Waals surface area contributed by atoms with Gasteiger partial charge in [-0.2, -0.15) is 4.31 Å². The number of nitrogens with one attached hydrogen (secondary N) is 1. The minimum absolute atomic E-state index is 0.140. The summed E-state index contributed by atoms with van der Waals surface area (Å²) in [5.74, 6) is -0.354. The third-order valence-electron chi connectivity index (χ3n) is 6.05. The summed E-state index contributed by atoms with van der Waals surface area (Å²) in [5.41, 5.74) is 0.805. The molecule has 208 valence electrons. The van der Waals surface area contributed by atoms with Crippen LogP contribution in [-0.4, -0.2) is 88.7 Å². The zero-order chi connectivity index (χ0) is 27.5. The Hall–Kier alpha value is -2.70. The molecule has 1 saturated heterocycles. The van der Waals surface area contributed by atoms with E-state index in [1.54, 1.807) is 38.3 Å². The number of carbonyl (C=O) groups excluding carboxylic acids is 2. The van der Waals surface area contributed by atoms with E-state index in [1.165, 1.54) is 33.5 Å². The molecule has 0 saturated carbocycles. The van der Waals surface area contributed by atoms with Gasteiger partial charge in [-0.3, -0.25) is 9.59 Å². The molecule has 1 heterocycles. The highest BCUT2D eigenvalue weighted by atomic mass is 35.5. The van der Waals surface area contributed by atoms with Gasteiger partial charge < -0.3 is 24.4 Å². The molecular formula is C26H34ClN3O7S. The van der Waals surface area contributed by atoms with Crippen molar-refractivity contribution >= 4 is 33.4 Å². The van der Waals surface area contributed by atoms with Crippen LogP contribution in [0.2, 0.25) is 5.02 Å². The highest BCUT2D eigenvalue weighted by Gasteiger charge is 2.28. The van der Waals surface area contributed by atoms with Crippen LogP contribution in [0.25, 0.3) is 0 Å². The molecule has 12 heteroatoms. The van der Waals surface area contributed by atoms with E-state index in [0.717, 1.165) is 5.56 Å². The molecule has 0 unspecified atom stereocenters. The van der Waals surface area contributed by atoms with Crippen LogP contribution in [0.3, 0.4) is 0 Å². The molecule has 2 aromatic carbocycles. The van der Waals surface area contributed by atoms with E-state index in [0.29, 0.717) is 56.6 Å². The van der Waals surface area contributed by atoms with Gasteiger partial charge in [0.1, 0.15) is 11.8 Å². The van der Waals surface area contributed by atoms with Crippen molar-refractivity contribution in [1.29, 1.82) is 0 Å². The first-order valence-corrected chi connectivity index (χ1v) is 14.2. The lowest BCUT2D eigenvalue weighted by atomic mass is 10.1. The second-order valence-corrected chi connectivity index (χ2v) is 11.1. The first-order valence-electron chi connectivity index (χ1n) is 12.3. The van der Waals surface area contributed by atoms with E-state index >= 15 is 0 Å². The van der Waals surface area contributed by atoms with Crippen molar-refractivity contribution in [2.75, 3.05) is 53.2 Å². The number of morpholine rings is 1. The summed E-state index contributed by atoms with van der Waals surface area (Å²) >= 11 is 5.99. The molecule has 0 aliphatic carbocycles. The lowest BCUT2D eigenvalue weighted by Crippen LogP contribution is -2.49. The Morgan fingerprint density at radius 2 is 1.76 bits per heavy atom. The summed E-state index contributed by atoms with van der Waals surface area (Å²) in [6.45, 7) is 3.78. The van der Waals surface area contributed by atoms with Gasteiger partial charge in [0.05, 0.1) is 18.1 Å². The van der Waals surface area contributed by atoms with Crippen molar-refractivity contribution < 1.29 is 32.2 Å². The molecule has 1 atom stereocenters. The lowest BCUT2D eigenvalue weighted by Gasteiger charge is -2.29. The Labute approximate surface area is 228 Å². The second-order valence-electron chi connectivity index (χ2n) is 8.74. The number of hydrogen-bond donors (Lipinski definition) is 1. The maximum Gasteiger partial charge on any atom is 0.261 e. The van der Waals surface area contributed by atoms with Crippen LogP contribution in [0.1, 0.15) is 18.9 Å². The van der Waals surface area contributed by atoms with Gasteiger partial charge in [-0.25, -0.2) is 8.42 Å². The highest BCUT2D eigenvalue weighted by Crippen LogP contribution is 2.21. The fourth-order valence-corrected chi connectivity index (χ4v) is 5.35. The van der Waals surface area contributed by atoms with Gasteiger partial charge in [0.25, 0.3) is 5.91 Å². The van der Waals surface area contributed by atoms with Crippen molar-refractivity contribution in [2.45, 2.75) is 30.8 Å². The zero-order valence-electron chi connectivity index (χ0n) is 21.6. The summed E-state index contributed by atoms with van der Waals surface area (Å²) in [6.07, 6.45) is 0.653. The molecule has 0 radical (unpaired) electrons. The Balaban J connectivity index is 1.65. The number of benzene rings is 2. The largest absolute Gasteiger partial charge is 0.484 e. The first-order chi connectivity index (χ1) is 18.2. The Bertz CT molecular complexity index is 1150. The van der Waals surface area contributed by atoms with Crippen LogP contribution in [0.4, 0.5) is 0 Å². The van der Waals surface area contributed by atoms with E-state index in [-0.39, 0.29) is 24.0 Å². The normalized spacial score (nSPS) is 15.0. The van der Waals surface area contributed by atoms with Crippen LogP contribution >= 0.6 is 11.6 Å². The van der Waals surface area contributed by atoms with E-state index in [9.17, 15) is 18.0 Å². The molecule has 1 N–H and O–H groups in total. The summed E-state index contributed by atoms with van der Waals surface area (Å²) in [4.78, 5) is 27.5. The van der Waals surface area contributed by atoms with Gasteiger partial charge in [0, 0.05) is 44.9 Å². The van der Waals surface area contributed by atoms with Gasteiger partial charge in [-0.05, 0) is 55.3 Å². The molecule has 0 spiro atoms. The minimum atomic E-state index is -3.63. The number of methoxy groups -OCH3 is 1. The molecule has 0 aromatic heterocycles. The zero-order valence-corrected chi connectivity index (χ0v) is 23.2. The molecule has 2 aromatic rings. The number of halogens is 1. The van der Waals surface area contributed by atoms with Gasteiger partial charge in [0.2, 0.25) is 15.9 Å². The summed E-state index contributed by atoms with van der Waals surface area (Å²) in [5, 5.41) is 3.39. The fraction of sp³-hybridized carbons (Fsp3) is 0.462. The predicted molar refractivity (Wildman–Crippen MR) is 142 cm³/mol. The maximum atomic E-state index is 13.2. The molecule has 1 aliphatic rings. The molecule has 1 aliphatic heterocycles. The van der Waals surface area contributed by atoms with Crippen LogP contribution in [0.15, 0.2) is 53.4 Å². The van der Waals surface area contributed by atoms with Crippen molar-refractivity contribution in [3.05, 3.63) is 59.1 Å². The topological polar surface area (TPSA) is 114 Å². The Kier molecular flexibility index (Phi) is 11.4. The van der Waals surface area contributed by atoms with Gasteiger partial charge >= 0.3 is 0 Å². The number of ether oxygens (including phenoxy) is 3. The van der Waals surface area contributed by atoms with E-state index in [2.05, 4.69) is 5.32 Å².